The number of ether oxygens (including phenoxy) is 1. The van der Waals surface area contributed by atoms with Gasteiger partial charge in [0.05, 0.1) is 13.2 Å². The molecule has 1 aliphatic rings. The predicted octanol–water partition coefficient (Wildman–Crippen LogP) is 1.54. The average molecular weight is 249 g/mol. The molecule has 2 unspecified atom stereocenters. The molecule has 1 aromatic carbocycles. The van der Waals surface area contributed by atoms with Crippen LogP contribution in [0.3, 0.4) is 0 Å². The summed E-state index contributed by atoms with van der Waals surface area (Å²) in [5.41, 5.74) is 0.669. The van der Waals surface area contributed by atoms with E-state index in [2.05, 4.69) is 0 Å². The largest absolute Gasteiger partial charge is 0.497 e. The number of likely N-dealkylation sites (tertiary alicyclic amines) is 1. The Morgan fingerprint density at radius 2 is 2.11 bits per heavy atom. The third-order valence-corrected chi connectivity index (χ3v) is 3.53. The smallest absolute Gasteiger partial charge is 0.253 e. The van der Waals surface area contributed by atoms with Gasteiger partial charge in [-0.2, -0.15) is 0 Å². The Balaban J connectivity index is 2.03. The predicted molar refractivity (Wildman–Crippen MR) is 68.7 cm³/mol. The van der Waals surface area contributed by atoms with Gasteiger partial charge in [0.1, 0.15) is 5.75 Å². The van der Waals surface area contributed by atoms with Gasteiger partial charge in [-0.1, -0.05) is 0 Å². The van der Waals surface area contributed by atoms with E-state index in [-0.39, 0.29) is 17.9 Å². The second-order valence-electron chi connectivity index (χ2n) is 4.77. The number of carbonyl (C=O) groups excluding carboxylic acids is 1. The number of rotatable bonds is 3. The van der Waals surface area contributed by atoms with Crippen molar-refractivity contribution in [2.24, 2.45) is 5.92 Å². The Bertz CT molecular complexity index is 414. The molecule has 0 spiro atoms. The highest BCUT2D eigenvalue weighted by Crippen LogP contribution is 2.22. The van der Waals surface area contributed by atoms with Crippen LogP contribution in [0.2, 0.25) is 0 Å². The summed E-state index contributed by atoms with van der Waals surface area (Å²) in [6.45, 7) is 3.15. The first-order chi connectivity index (χ1) is 8.61. The van der Waals surface area contributed by atoms with E-state index in [0.717, 1.165) is 18.7 Å². The molecule has 0 radical (unpaired) electrons. The van der Waals surface area contributed by atoms with Gasteiger partial charge in [-0.3, -0.25) is 4.79 Å². The third kappa shape index (κ3) is 2.64. The third-order valence-electron chi connectivity index (χ3n) is 3.53. The summed E-state index contributed by atoms with van der Waals surface area (Å²) in [6, 6.07) is 7.12. The minimum atomic E-state index is -0.348. The number of aliphatic hydroxyl groups is 1. The van der Waals surface area contributed by atoms with Crippen LogP contribution in [0.5, 0.6) is 5.75 Å². The minimum Gasteiger partial charge on any atom is -0.497 e. The van der Waals surface area contributed by atoms with Crippen LogP contribution in [0.1, 0.15) is 23.7 Å². The zero-order chi connectivity index (χ0) is 13.1. The van der Waals surface area contributed by atoms with Gasteiger partial charge in [-0.05, 0) is 37.6 Å². The molecular weight excluding hydrogens is 230 g/mol. The number of benzene rings is 1. The molecule has 4 nitrogen and oxygen atoms in total. The molecule has 1 aliphatic heterocycles. The highest BCUT2D eigenvalue weighted by Gasteiger charge is 2.29. The molecular formula is C14H19NO3. The van der Waals surface area contributed by atoms with E-state index in [1.165, 1.54) is 0 Å². The lowest BCUT2D eigenvalue weighted by molar-refractivity contribution is 0.0762. The van der Waals surface area contributed by atoms with Crippen LogP contribution in [-0.4, -0.2) is 42.2 Å². The van der Waals surface area contributed by atoms with Crippen LogP contribution in [0.25, 0.3) is 0 Å². The number of hydrogen-bond acceptors (Lipinski definition) is 3. The van der Waals surface area contributed by atoms with Crippen molar-refractivity contribution >= 4 is 5.91 Å². The number of hydrogen-bond donors (Lipinski definition) is 1. The van der Waals surface area contributed by atoms with Crippen LogP contribution < -0.4 is 4.74 Å². The van der Waals surface area contributed by atoms with Crippen molar-refractivity contribution in [3.05, 3.63) is 29.8 Å². The first-order valence-corrected chi connectivity index (χ1v) is 6.23. The molecule has 1 N–H and O–H groups in total. The van der Waals surface area contributed by atoms with Gasteiger partial charge in [0, 0.05) is 24.6 Å². The number of amides is 1. The number of methoxy groups -OCH3 is 1. The van der Waals surface area contributed by atoms with Gasteiger partial charge in [-0.25, -0.2) is 0 Å². The topological polar surface area (TPSA) is 49.8 Å². The maximum Gasteiger partial charge on any atom is 0.253 e. The fourth-order valence-electron chi connectivity index (χ4n) is 2.28. The molecule has 1 aromatic rings. The van der Waals surface area contributed by atoms with Gasteiger partial charge in [0.2, 0.25) is 0 Å². The maximum absolute atomic E-state index is 12.2. The summed E-state index contributed by atoms with van der Waals surface area (Å²) in [4.78, 5) is 14.0. The SMILES string of the molecule is COc1ccc(C(=O)N2CCC(C(C)O)C2)cc1. The lowest BCUT2D eigenvalue weighted by Gasteiger charge is -2.17. The Morgan fingerprint density at radius 1 is 1.44 bits per heavy atom. The van der Waals surface area contributed by atoms with Crippen LogP contribution in [0.15, 0.2) is 24.3 Å². The summed E-state index contributed by atoms with van der Waals surface area (Å²) in [6.07, 6.45) is 0.526. The summed E-state index contributed by atoms with van der Waals surface area (Å²) < 4.78 is 5.06. The zero-order valence-electron chi connectivity index (χ0n) is 10.8. The molecule has 2 rings (SSSR count). The van der Waals surface area contributed by atoms with Gasteiger partial charge in [0.25, 0.3) is 5.91 Å². The Hall–Kier alpha value is -1.55. The Morgan fingerprint density at radius 3 is 2.61 bits per heavy atom. The summed E-state index contributed by atoms with van der Waals surface area (Å²) >= 11 is 0. The molecule has 0 bridgehead atoms. The molecule has 2 atom stereocenters. The van der Waals surface area contributed by atoms with E-state index in [0.29, 0.717) is 12.1 Å². The second kappa shape index (κ2) is 5.40. The van der Waals surface area contributed by atoms with Crippen molar-refractivity contribution in [1.82, 2.24) is 4.90 Å². The molecule has 0 aliphatic carbocycles. The molecule has 0 aromatic heterocycles. The lowest BCUT2D eigenvalue weighted by Crippen LogP contribution is -2.30. The fraction of sp³-hybridized carbons (Fsp3) is 0.500. The molecule has 1 amide bonds. The van der Waals surface area contributed by atoms with E-state index in [1.54, 1.807) is 43.2 Å². The first-order valence-electron chi connectivity index (χ1n) is 6.23. The molecule has 4 heteroatoms. The van der Waals surface area contributed by atoms with Crippen molar-refractivity contribution in [2.45, 2.75) is 19.4 Å². The van der Waals surface area contributed by atoms with Crippen molar-refractivity contribution in [3.8, 4) is 5.75 Å². The number of aliphatic hydroxyl groups excluding tert-OH is 1. The lowest BCUT2D eigenvalue weighted by atomic mass is 10.0. The van der Waals surface area contributed by atoms with E-state index in [9.17, 15) is 9.90 Å². The standard InChI is InChI=1S/C14H19NO3/c1-10(16)12-7-8-15(9-12)14(17)11-3-5-13(18-2)6-4-11/h3-6,10,12,16H,7-9H2,1-2H3. The average Bonchev–Trinajstić information content (AvgIpc) is 2.88. The van der Waals surface area contributed by atoms with Crippen molar-refractivity contribution in [3.63, 3.8) is 0 Å². The molecule has 18 heavy (non-hydrogen) atoms. The van der Waals surface area contributed by atoms with E-state index < -0.39 is 0 Å². The highest BCUT2D eigenvalue weighted by molar-refractivity contribution is 5.94. The fourth-order valence-corrected chi connectivity index (χ4v) is 2.28. The monoisotopic (exact) mass is 249 g/mol. The minimum absolute atomic E-state index is 0.0285. The summed E-state index contributed by atoms with van der Waals surface area (Å²) in [7, 11) is 1.60. The van der Waals surface area contributed by atoms with Crippen LogP contribution >= 0.6 is 0 Å². The van der Waals surface area contributed by atoms with E-state index >= 15 is 0 Å². The normalized spacial score (nSPS) is 20.8. The highest BCUT2D eigenvalue weighted by atomic mass is 16.5. The second-order valence-corrected chi connectivity index (χ2v) is 4.77. The van der Waals surface area contributed by atoms with Crippen LogP contribution in [0.4, 0.5) is 0 Å². The number of carbonyl (C=O) groups is 1. The molecule has 1 heterocycles. The summed E-state index contributed by atoms with van der Waals surface area (Å²) in [5.74, 6) is 0.975. The van der Waals surface area contributed by atoms with Crippen LogP contribution in [0, 0.1) is 5.92 Å². The number of nitrogens with zero attached hydrogens (tertiary/aromatic N) is 1. The van der Waals surface area contributed by atoms with Gasteiger partial charge >= 0.3 is 0 Å². The molecule has 0 saturated carbocycles. The van der Waals surface area contributed by atoms with Gasteiger partial charge in [-0.15, -0.1) is 0 Å². The van der Waals surface area contributed by atoms with Crippen molar-refractivity contribution in [2.75, 3.05) is 20.2 Å². The van der Waals surface area contributed by atoms with E-state index in [1.807, 2.05) is 0 Å². The van der Waals surface area contributed by atoms with Crippen LogP contribution in [-0.2, 0) is 0 Å². The van der Waals surface area contributed by atoms with Crippen molar-refractivity contribution < 1.29 is 14.6 Å². The summed E-state index contributed by atoms with van der Waals surface area (Å²) in [5, 5.41) is 9.54. The maximum atomic E-state index is 12.2. The molecule has 1 saturated heterocycles. The molecule has 1 fully saturated rings. The Kier molecular flexibility index (Phi) is 3.87. The first kappa shape index (κ1) is 12.9. The molecule has 98 valence electrons. The van der Waals surface area contributed by atoms with Gasteiger partial charge < -0.3 is 14.7 Å². The van der Waals surface area contributed by atoms with Gasteiger partial charge in [0.15, 0.2) is 0 Å². The zero-order valence-corrected chi connectivity index (χ0v) is 10.8. The quantitative estimate of drug-likeness (QED) is 0.884. The Labute approximate surface area is 107 Å². The van der Waals surface area contributed by atoms with E-state index in [4.69, 9.17) is 4.74 Å². The van der Waals surface area contributed by atoms with Crippen molar-refractivity contribution in [1.29, 1.82) is 0 Å².